The van der Waals surface area contributed by atoms with Gasteiger partial charge in [0.15, 0.2) is 0 Å². The predicted molar refractivity (Wildman–Crippen MR) is 69.4 cm³/mol. The first-order valence-electron chi connectivity index (χ1n) is 5.13. The number of aromatic nitrogens is 1. The summed E-state index contributed by atoms with van der Waals surface area (Å²) >= 11 is 3.22. The number of pyridine rings is 1. The van der Waals surface area contributed by atoms with Crippen molar-refractivity contribution in [2.75, 3.05) is 0 Å². The molecule has 0 N–H and O–H groups in total. The molecule has 0 radical (unpaired) electrons. The lowest BCUT2D eigenvalue weighted by Gasteiger charge is -2.07. The number of nitrogens with zero attached hydrogens (tertiary/aromatic N) is 2. The number of rotatable bonds is 4. The van der Waals surface area contributed by atoms with E-state index >= 15 is 0 Å². The maximum absolute atomic E-state index is 10.8. The Morgan fingerprint density at radius 3 is 2.83 bits per heavy atom. The van der Waals surface area contributed by atoms with Gasteiger partial charge in [-0.1, -0.05) is 12.1 Å². The summed E-state index contributed by atoms with van der Waals surface area (Å²) in [6, 6.07) is 8.38. The molecule has 1 aromatic heterocycles. The lowest BCUT2D eigenvalue weighted by atomic mass is 10.2. The Balaban J connectivity index is 2.15. The third kappa shape index (κ3) is 2.84. The van der Waals surface area contributed by atoms with Crippen molar-refractivity contribution in [2.24, 2.45) is 0 Å². The van der Waals surface area contributed by atoms with Crippen LogP contribution in [0.1, 0.15) is 5.56 Å². The van der Waals surface area contributed by atoms with Gasteiger partial charge in [-0.3, -0.25) is 15.1 Å². The van der Waals surface area contributed by atoms with Crippen LogP contribution in [0.5, 0.6) is 5.75 Å². The monoisotopic (exact) mass is 308 g/mol. The molecule has 0 saturated carbocycles. The number of nitro benzene ring substituents is 1. The van der Waals surface area contributed by atoms with E-state index in [4.69, 9.17) is 4.74 Å². The predicted octanol–water partition coefficient (Wildman–Crippen LogP) is 3.33. The molecule has 5 nitrogen and oxygen atoms in total. The smallest absolute Gasteiger partial charge is 0.283 e. The van der Waals surface area contributed by atoms with Gasteiger partial charge in [0, 0.05) is 17.8 Å². The van der Waals surface area contributed by atoms with E-state index in [0.29, 0.717) is 15.8 Å². The van der Waals surface area contributed by atoms with Crippen molar-refractivity contribution < 1.29 is 9.66 Å². The Kier molecular flexibility index (Phi) is 3.88. The molecule has 1 aromatic carbocycles. The number of hydrogen-bond donors (Lipinski definition) is 0. The molecule has 0 aliphatic heterocycles. The van der Waals surface area contributed by atoms with Gasteiger partial charge < -0.3 is 4.74 Å². The second-order valence-corrected chi connectivity index (χ2v) is 4.28. The van der Waals surface area contributed by atoms with Crippen LogP contribution in [0.4, 0.5) is 5.69 Å². The van der Waals surface area contributed by atoms with Crippen LogP contribution in [-0.2, 0) is 6.61 Å². The second-order valence-electron chi connectivity index (χ2n) is 3.48. The fourth-order valence-corrected chi connectivity index (χ4v) is 1.94. The Labute approximate surface area is 112 Å². The summed E-state index contributed by atoms with van der Waals surface area (Å²) < 4.78 is 5.94. The Morgan fingerprint density at radius 1 is 1.33 bits per heavy atom. The van der Waals surface area contributed by atoms with Crippen molar-refractivity contribution in [3.63, 3.8) is 0 Å². The highest BCUT2D eigenvalue weighted by molar-refractivity contribution is 9.10. The molecule has 0 amide bonds. The Hall–Kier alpha value is -1.95. The summed E-state index contributed by atoms with van der Waals surface area (Å²) in [6.45, 7) is 0.244. The maximum Gasteiger partial charge on any atom is 0.283 e. The van der Waals surface area contributed by atoms with Gasteiger partial charge in [0.25, 0.3) is 5.69 Å². The molecule has 0 saturated heterocycles. The fraction of sp³-hybridized carbons (Fsp3) is 0.0833. The second kappa shape index (κ2) is 5.59. The van der Waals surface area contributed by atoms with Crippen LogP contribution in [0.3, 0.4) is 0 Å². The van der Waals surface area contributed by atoms with E-state index in [1.54, 1.807) is 36.7 Å². The van der Waals surface area contributed by atoms with Crippen LogP contribution in [0.15, 0.2) is 47.2 Å². The number of benzene rings is 1. The topological polar surface area (TPSA) is 65.3 Å². The van der Waals surface area contributed by atoms with Crippen LogP contribution >= 0.6 is 15.9 Å². The molecule has 0 unspecified atom stereocenters. The zero-order valence-electron chi connectivity index (χ0n) is 9.25. The zero-order valence-corrected chi connectivity index (χ0v) is 10.8. The third-order valence-corrected chi connectivity index (χ3v) is 3.20. The minimum atomic E-state index is -0.433. The van der Waals surface area contributed by atoms with E-state index in [1.165, 1.54) is 6.07 Å². The summed E-state index contributed by atoms with van der Waals surface area (Å²) in [6.07, 6.45) is 3.24. The van der Waals surface area contributed by atoms with Crippen molar-refractivity contribution in [3.05, 3.63) is 62.9 Å². The van der Waals surface area contributed by atoms with E-state index in [9.17, 15) is 10.1 Å². The third-order valence-electron chi connectivity index (χ3n) is 2.28. The van der Waals surface area contributed by atoms with Crippen LogP contribution in [0.2, 0.25) is 0 Å². The Bertz CT molecular complexity index is 561. The van der Waals surface area contributed by atoms with Gasteiger partial charge in [-0.25, -0.2) is 0 Å². The van der Waals surface area contributed by atoms with Crippen LogP contribution in [0.25, 0.3) is 0 Å². The number of nitro groups is 1. The molecule has 0 aliphatic carbocycles. The minimum Gasteiger partial charge on any atom is -0.487 e. The van der Waals surface area contributed by atoms with Crippen molar-refractivity contribution in [1.82, 2.24) is 4.98 Å². The lowest BCUT2D eigenvalue weighted by molar-refractivity contribution is -0.385. The van der Waals surface area contributed by atoms with Gasteiger partial charge in [0.1, 0.15) is 16.8 Å². The first kappa shape index (κ1) is 12.5. The normalized spacial score (nSPS) is 10.1. The number of halogens is 1. The molecular weight excluding hydrogens is 300 g/mol. The molecule has 18 heavy (non-hydrogen) atoms. The first-order valence-corrected chi connectivity index (χ1v) is 5.92. The summed E-state index contributed by atoms with van der Waals surface area (Å²) in [4.78, 5) is 14.3. The maximum atomic E-state index is 10.8. The quantitative estimate of drug-likeness (QED) is 0.642. The van der Waals surface area contributed by atoms with Gasteiger partial charge in [0.2, 0.25) is 0 Å². The molecule has 0 spiro atoms. The van der Waals surface area contributed by atoms with Crippen LogP contribution < -0.4 is 4.74 Å². The van der Waals surface area contributed by atoms with Crippen LogP contribution in [-0.4, -0.2) is 9.91 Å². The molecule has 2 aromatic rings. The molecular formula is C12H9BrN2O3. The van der Waals surface area contributed by atoms with Gasteiger partial charge in [0.05, 0.1) is 11.1 Å². The highest BCUT2D eigenvalue weighted by atomic mass is 79.9. The molecule has 0 fully saturated rings. The average Bonchev–Trinajstić information content (AvgIpc) is 2.38. The highest BCUT2D eigenvalue weighted by Crippen LogP contribution is 2.28. The van der Waals surface area contributed by atoms with Crippen molar-refractivity contribution >= 4 is 21.6 Å². The largest absolute Gasteiger partial charge is 0.487 e. The van der Waals surface area contributed by atoms with Crippen molar-refractivity contribution in [3.8, 4) is 5.75 Å². The van der Waals surface area contributed by atoms with Gasteiger partial charge >= 0.3 is 0 Å². The molecule has 2 rings (SSSR count). The summed E-state index contributed by atoms with van der Waals surface area (Å²) in [5.41, 5.74) is 0.746. The minimum absolute atomic E-state index is 0.0299. The van der Waals surface area contributed by atoms with E-state index in [0.717, 1.165) is 0 Å². The zero-order chi connectivity index (χ0) is 13.0. The molecule has 0 atom stereocenters. The standard InChI is InChI=1S/C12H9BrN2O3/c13-12-9(3-1-5-11(12)15(16)17)8-18-10-4-2-6-14-7-10/h1-7H,8H2. The molecule has 0 aliphatic rings. The van der Waals surface area contributed by atoms with Crippen LogP contribution in [0, 0.1) is 10.1 Å². The van der Waals surface area contributed by atoms with Crippen molar-refractivity contribution in [2.45, 2.75) is 6.61 Å². The molecule has 1 heterocycles. The number of hydrogen-bond acceptors (Lipinski definition) is 4. The average molecular weight is 309 g/mol. The van der Waals surface area contributed by atoms with E-state index < -0.39 is 4.92 Å². The summed E-state index contributed by atoms with van der Waals surface area (Å²) in [5, 5.41) is 10.8. The Morgan fingerprint density at radius 2 is 2.17 bits per heavy atom. The first-order chi connectivity index (χ1) is 8.68. The summed E-state index contributed by atoms with van der Waals surface area (Å²) in [5.74, 6) is 0.621. The molecule has 0 bridgehead atoms. The number of ether oxygens (including phenoxy) is 1. The molecule has 92 valence electrons. The van der Waals surface area contributed by atoms with Gasteiger partial charge in [-0.2, -0.15) is 0 Å². The van der Waals surface area contributed by atoms with E-state index in [-0.39, 0.29) is 12.3 Å². The SMILES string of the molecule is O=[N+]([O-])c1cccc(COc2cccnc2)c1Br. The highest BCUT2D eigenvalue weighted by Gasteiger charge is 2.14. The van der Waals surface area contributed by atoms with E-state index in [2.05, 4.69) is 20.9 Å². The van der Waals surface area contributed by atoms with Crippen molar-refractivity contribution in [1.29, 1.82) is 0 Å². The van der Waals surface area contributed by atoms with Gasteiger partial charge in [-0.15, -0.1) is 0 Å². The molecule has 6 heteroatoms. The van der Waals surface area contributed by atoms with Gasteiger partial charge in [-0.05, 0) is 28.1 Å². The lowest BCUT2D eigenvalue weighted by Crippen LogP contribution is -1.99. The fourth-order valence-electron chi connectivity index (χ4n) is 1.41. The summed E-state index contributed by atoms with van der Waals surface area (Å²) in [7, 11) is 0. The van der Waals surface area contributed by atoms with E-state index in [1.807, 2.05) is 0 Å².